The average molecular weight is 169 g/mol. The van der Waals surface area contributed by atoms with Gasteiger partial charge in [-0.1, -0.05) is 0 Å². The van der Waals surface area contributed by atoms with E-state index >= 15 is 0 Å². The molecule has 1 amide bonds. The van der Waals surface area contributed by atoms with Gasteiger partial charge < -0.3 is 4.90 Å². The summed E-state index contributed by atoms with van der Waals surface area (Å²) in [6.45, 7) is 0. The van der Waals surface area contributed by atoms with Crippen molar-refractivity contribution in [3.8, 4) is 0 Å². The van der Waals surface area contributed by atoms with Crippen molar-refractivity contribution in [2.24, 2.45) is 7.05 Å². The fraction of sp³-hybridized carbons (Fsp3) is 0.667. The summed E-state index contributed by atoms with van der Waals surface area (Å²) >= 11 is 0. The summed E-state index contributed by atoms with van der Waals surface area (Å²) in [5.74, 6) is 0.571. The molecule has 0 aliphatic heterocycles. The van der Waals surface area contributed by atoms with E-state index in [4.69, 9.17) is 0 Å². The van der Waals surface area contributed by atoms with Crippen LogP contribution >= 0.6 is 0 Å². The summed E-state index contributed by atoms with van der Waals surface area (Å²) in [4.78, 5) is 12.7. The Labute approximate surface area is 70.2 Å². The first-order valence-corrected chi connectivity index (χ1v) is 3.52. The smallest absolute Gasteiger partial charge is 0.229 e. The molecule has 0 unspecified atom stereocenters. The van der Waals surface area contributed by atoms with Crippen molar-refractivity contribution in [1.29, 1.82) is 0 Å². The summed E-state index contributed by atoms with van der Waals surface area (Å²) in [6.07, 6.45) is 0.247. The van der Waals surface area contributed by atoms with E-state index in [0.29, 0.717) is 5.82 Å². The normalized spacial score (nSPS) is 9.92. The Morgan fingerprint density at radius 2 is 2.25 bits per heavy atom. The number of carbonyl (C=O) groups excluding carboxylic acids is 1. The van der Waals surface area contributed by atoms with Crippen molar-refractivity contribution in [3.05, 3.63) is 5.82 Å². The van der Waals surface area contributed by atoms with Gasteiger partial charge in [0, 0.05) is 21.1 Å². The molecule has 1 heterocycles. The predicted octanol–water partition coefficient (Wildman–Crippen LogP) is -1.16. The molecule has 0 aliphatic rings. The molecule has 12 heavy (non-hydrogen) atoms. The minimum Gasteiger partial charge on any atom is -0.348 e. The number of rotatable bonds is 2. The van der Waals surface area contributed by atoms with Gasteiger partial charge in [0.2, 0.25) is 5.91 Å². The highest BCUT2D eigenvalue weighted by Crippen LogP contribution is 1.92. The Kier molecular flexibility index (Phi) is 2.37. The van der Waals surface area contributed by atoms with E-state index in [1.807, 2.05) is 0 Å². The number of aryl methyl sites for hydroxylation is 1. The van der Waals surface area contributed by atoms with Crippen molar-refractivity contribution in [1.82, 2.24) is 25.1 Å². The van der Waals surface area contributed by atoms with Gasteiger partial charge in [-0.15, -0.1) is 5.10 Å². The molecule has 0 saturated heterocycles. The molecule has 6 nitrogen and oxygen atoms in total. The van der Waals surface area contributed by atoms with Crippen molar-refractivity contribution in [2.75, 3.05) is 14.1 Å². The minimum absolute atomic E-state index is 0.00657. The molecule has 6 heteroatoms. The number of hydrogen-bond acceptors (Lipinski definition) is 4. The summed E-state index contributed by atoms with van der Waals surface area (Å²) < 4.78 is 1.49. The van der Waals surface area contributed by atoms with Crippen molar-refractivity contribution in [2.45, 2.75) is 6.42 Å². The monoisotopic (exact) mass is 169 g/mol. The lowest BCUT2D eigenvalue weighted by atomic mass is 10.3. The largest absolute Gasteiger partial charge is 0.348 e. The molecule has 66 valence electrons. The molecule has 0 atom stereocenters. The van der Waals surface area contributed by atoms with Gasteiger partial charge in [0.25, 0.3) is 0 Å². The van der Waals surface area contributed by atoms with Crippen molar-refractivity contribution in [3.63, 3.8) is 0 Å². The first-order valence-electron chi connectivity index (χ1n) is 3.52. The van der Waals surface area contributed by atoms with Crippen LogP contribution in [0.2, 0.25) is 0 Å². The molecular formula is C6H11N5O. The summed E-state index contributed by atoms with van der Waals surface area (Å²) in [5, 5.41) is 10.7. The molecule has 0 bridgehead atoms. The van der Waals surface area contributed by atoms with E-state index < -0.39 is 0 Å². The van der Waals surface area contributed by atoms with Gasteiger partial charge in [0.1, 0.15) is 0 Å². The quantitative estimate of drug-likeness (QED) is 0.560. The van der Waals surface area contributed by atoms with E-state index in [0.717, 1.165) is 0 Å². The zero-order valence-corrected chi connectivity index (χ0v) is 7.35. The molecule has 1 aromatic heterocycles. The van der Waals surface area contributed by atoms with Gasteiger partial charge in [0.15, 0.2) is 5.82 Å². The lowest BCUT2D eigenvalue weighted by Gasteiger charge is -2.08. The standard InChI is InChI=1S/C6H11N5O/c1-10(2)6(12)4-5-7-8-9-11(5)3/h4H2,1-3H3. The van der Waals surface area contributed by atoms with E-state index in [1.54, 1.807) is 21.1 Å². The van der Waals surface area contributed by atoms with Crippen molar-refractivity contribution < 1.29 is 4.79 Å². The highest BCUT2D eigenvalue weighted by Gasteiger charge is 2.09. The van der Waals surface area contributed by atoms with E-state index in [9.17, 15) is 4.79 Å². The summed E-state index contributed by atoms with van der Waals surface area (Å²) in [6, 6.07) is 0. The number of aromatic nitrogens is 4. The van der Waals surface area contributed by atoms with Crippen LogP contribution in [0.1, 0.15) is 5.82 Å². The number of hydrogen-bond donors (Lipinski definition) is 0. The van der Waals surface area contributed by atoms with Gasteiger partial charge in [-0.3, -0.25) is 4.79 Å². The van der Waals surface area contributed by atoms with Crippen LogP contribution in [0.15, 0.2) is 0 Å². The molecule has 0 saturated carbocycles. The Morgan fingerprint density at radius 1 is 1.58 bits per heavy atom. The van der Waals surface area contributed by atoms with Crippen molar-refractivity contribution >= 4 is 5.91 Å². The second kappa shape index (κ2) is 3.29. The third kappa shape index (κ3) is 1.77. The van der Waals surface area contributed by atoms with Crippen LogP contribution in [0.3, 0.4) is 0 Å². The first kappa shape index (κ1) is 8.63. The SMILES string of the molecule is CN(C)C(=O)Cc1nnnn1C. The minimum atomic E-state index is -0.00657. The topological polar surface area (TPSA) is 63.9 Å². The molecule has 1 aromatic rings. The molecule has 0 N–H and O–H groups in total. The van der Waals surface area contributed by atoms with Crippen LogP contribution in [0.5, 0.6) is 0 Å². The maximum Gasteiger partial charge on any atom is 0.229 e. The number of likely N-dealkylation sites (N-methyl/N-ethyl adjacent to an activating group) is 1. The van der Waals surface area contributed by atoms with Crippen LogP contribution in [0, 0.1) is 0 Å². The van der Waals surface area contributed by atoms with E-state index in [2.05, 4.69) is 15.5 Å². The third-order valence-electron chi connectivity index (χ3n) is 1.52. The highest BCUT2D eigenvalue weighted by atomic mass is 16.2. The number of amides is 1. The zero-order chi connectivity index (χ0) is 9.14. The van der Waals surface area contributed by atoms with E-state index in [1.165, 1.54) is 9.58 Å². The van der Waals surface area contributed by atoms with Gasteiger partial charge >= 0.3 is 0 Å². The van der Waals surface area contributed by atoms with Gasteiger partial charge in [-0.25, -0.2) is 4.68 Å². The average Bonchev–Trinajstić information content (AvgIpc) is 2.36. The lowest BCUT2D eigenvalue weighted by Crippen LogP contribution is -2.24. The van der Waals surface area contributed by atoms with Crippen LogP contribution in [-0.2, 0) is 18.3 Å². The first-order chi connectivity index (χ1) is 5.61. The Morgan fingerprint density at radius 3 is 2.67 bits per heavy atom. The maximum atomic E-state index is 11.2. The van der Waals surface area contributed by atoms with Crippen LogP contribution in [-0.4, -0.2) is 45.1 Å². The van der Waals surface area contributed by atoms with Crippen LogP contribution in [0.4, 0.5) is 0 Å². The number of carbonyl (C=O) groups is 1. The predicted molar refractivity (Wildman–Crippen MR) is 41.2 cm³/mol. The fourth-order valence-corrected chi connectivity index (χ4v) is 0.691. The van der Waals surface area contributed by atoms with Gasteiger partial charge in [-0.2, -0.15) is 0 Å². The molecular weight excluding hydrogens is 158 g/mol. The van der Waals surface area contributed by atoms with E-state index in [-0.39, 0.29) is 12.3 Å². The van der Waals surface area contributed by atoms with Crippen LogP contribution in [0.25, 0.3) is 0 Å². The zero-order valence-electron chi connectivity index (χ0n) is 7.35. The molecule has 0 aliphatic carbocycles. The second-order valence-corrected chi connectivity index (χ2v) is 2.68. The third-order valence-corrected chi connectivity index (χ3v) is 1.52. The number of nitrogens with zero attached hydrogens (tertiary/aromatic N) is 5. The van der Waals surface area contributed by atoms with Gasteiger partial charge in [0.05, 0.1) is 6.42 Å². The Hall–Kier alpha value is -1.46. The Bertz CT molecular complexity index is 279. The van der Waals surface area contributed by atoms with Crippen LogP contribution < -0.4 is 0 Å². The lowest BCUT2D eigenvalue weighted by molar-refractivity contribution is -0.128. The molecule has 1 rings (SSSR count). The molecule has 0 radical (unpaired) electrons. The Balaban J connectivity index is 2.64. The highest BCUT2D eigenvalue weighted by molar-refractivity contribution is 5.77. The van der Waals surface area contributed by atoms with Gasteiger partial charge in [-0.05, 0) is 10.4 Å². The maximum absolute atomic E-state index is 11.2. The fourth-order valence-electron chi connectivity index (χ4n) is 0.691. The molecule has 0 aromatic carbocycles. The molecule has 0 spiro atoms. The summed E-state index contributed by atoms with van der Waals surface area (Å²) in [7, 11) is 5.11. The summed E-state index contributed by atoms with van der Waals surface area (Å²) in [5.41, 5.74) is 0. The second-order valence-electron chi connectivity index (χ2n) is 2.68. The number of tetrazole rings is 1. The molecule has 0 fully saturated rings.